The SMILES string of the molecule is CCC(NCCC(=O)O)C(O)c1cc(F)ccc1F. The molecule has 0 saturated heterocycles. The quantitative estimate of drug-likeness (QED) is 0.709. The van der Waals surface area contributed by atoms with Crippen LogP contribution < -0.4 is 5.32 Å². The fourth-order valence-electron chi connectivity index (χ4n) is 1.80. The van der Waals surface area contributed by atoms with Gasteiger partial charge in [-0.15, -0.1) is 0 Å². The van der Waals surface area contributed by atoms with Crippen LogP contribution in [0.2, 0.25) is 0 Å². The largest absolute Gasteiger partial charge is 0.481 e. The zero-order chi connectivity index (χ0) is 14.4. The number of aliphatic hydroxyl groups excluding tert-OH is 1. The number of hydrogen-bond acceptors (Lipinski definition) is 3. The summed E-state index contributed by atoms with van der Waals surface area (Å²) in [4.78, 5) is 10.4. The highest BCUT2D eigenvalue weighted by Crippen LogP contribution is 2.22. The molecule has 1 aromatic rings. The second-order valence-electron chi connectivity index (χ2n) is 4.22. The first-order chi connectivity index (χ1) is 8.95. The maximum atomic E-state index is 13.5. The van der Waals surface area contributed by atoms with E-state index in [0.29, 0.717) is 6.42 Å². The van der Waals surface area contributed by atoms with E-state index < -0.39 is 29.7 Å². The second kappa shape index (κ2) is 7.16. The molecule has 19 heavy (non-hydrogen) atoms. The van der Waals surface area contributed by atoms with Crippen molar-refractivity contribution in [3.63, 3.8) is 0 Å². The monoisotopic (exact) mass is 273 g/mol. The van der Waals surface area contributed by atoms with Gasteiger partial charge in [0.1, 0.15) is 11.6 Å². The van der Waals surface area contributed by atoms with E-state index >= 15 is 0 Å². The maximum absolute atomic E-state index is 13.5. The molecule has 3 N–H and O–H groups in total. The molecular formula is C13H17F2NO3. The summed E-state index contributed by atoms with van der Waals surface area (Å²) in [5, 5.41) is 21.4. The van der Waals surface area contributed by atoms with Gasteiger partial charge in [-0.25, -0.2) is 8.78 Å². The standard InChI is InChI=1S/C13H17F2NO3/c1-2-11(16-6-5-12(17)18)13(19)9-7-8(14)3-4-10(9)15/h3-4,7,11,13,16,19H,2,5-6H2,1H3,(H,17,18). The number of nitrogens with one attached hydrogen (secondary N) is 1. The summed E-state index contributed by atoms with van der Waals surface area (Å²) in [6.07, 6.45) is -0.875. The van der Waals surface area contributed by atoms with Crippen LogP contribution in [-0.2, 0) is 4.79 Å². The molecule has 1 aromatic carbocycles. The van der Waals surface area contributed by atoms with Crippen molar-refractivity contribution in [2.75, 3.05) is 6.54 Å². The Bertz CT molecular complexity index is 440. The number of benzene rings is 1. The first-order valence-corrected chi connectivity index (χ1v) is 6.04. The van der Waals surface area contributed by atoms with Crippen molar-refractivity contribution < 1.29 is 23.8 Å². The van der Waals surface area contributed by atoms with E-state index in [4.69, 9.17) is 5.11 Å². The van der Waals surface area contributed by atoms with Gasteiger partial charge in [-0.05, 0) is 24.6 Å². The Morgan fingerprint density at radius 2 is 2.11 bits per heavy atom. The third-order valence-corrected chi connectivity index (χ3v) is 2.84. The maximum Gasteiger partial charge on any atom is 0.304 e. The van der Waals surface area contributed by atoms with E-state index in [1.807, 2.05) is 0 Å². The third-order valence-electron chi connectivity index (χ3n) is 2.84. The fourth-order valence-corrected chi connectivity index (χ4v) is 1.80. The van der Waals surface area contributed by atoms with Crippen LogP contribution in [-0.4, -0.2) is 28.8 Å². The van der Waals surface area contributed by atoms with Crippen molar-refractivity contribution in [3.05, 3.63) is 35.4 Å². The van der Waals surface area contributed by atoms with Crippen molar-refractivity contribution in [2.24, 2.45) is 0 Å². The van der Waals surface area contributed by atoms with E-state index in [0.717, 1.165) is 18.2 Å². The van der Waals surface area contributed by atoms with Gasteiger partial charge in [0.15, 0.2) is 0 Å². The lowest BCUT2D eigenvalue weighted by Gasteiger charge is -2.23. The Hall–Kier alpha value is -1.53. The average Bonchev–Trinajstić information content (AvgIpc) is 2.36. The van der Waals surface area contributed by atoms with Crippen molar-refractivity contribution >= 4 is 5.97 Å². The summed E-state index contributed by atoms with van der Waals surface area (Å²) in [5.74, 6) is -2.28. The van der Waals surface area contributed by atoms with Gasteiger partial charge in [0.05, 0.1) is 12.5 Å². The highest BCUT2D eigenvalue weighted by atomic mass is 19.1. The Kier molecular flexibility index (Phi) is 5.85. The molecule has 0 aromatic heterocycles. The summed E-state index contributed by atoms with van der Waals surface area (Å²) < 4.78 is 26.6. The molecule has 0 aliphatic rings. The number of halogens is 2. The van der Waals surface area contributed by atoms with Gasteiger partial charge in [0.2, 0.25) is 0 Å². The fraction of sp³-hybridized carbons (Fsp3) is 0.462. The van der Waals surface area contributed by atoms with Crippen molar-refractivity contribution in [3.8, 4) is 0 Å². The number of carbonyl (C=O) groups is 1. The zero-order valence-corrected chi connectivity index (χ0v) is 10.6. The first kappa shape index (κ1) is 15.5. The Labute approximate surface area is 110 Å². The molecule has 4 nitrogen and oxygen atoms in total. The van der Waals surface area contributed by atoms with Crippen LogP contribution in [0.3, 0.4) is 0 Å². The third kappa shape index (κ3) is 4.57. The van der Waals surface area contributed by atoms with Gasteiger partial charge >= 0.3 is 5.97 Å². The number of aliphatic hydroxyl groups is 1. The normalized spacial score (nSPS) is 14.1. The van der Waals surface area contributed by atoms with Crippen LogP contribution in [0.25, 0.3) is 0 Å². The van der Waals surface area contributed by atoms with Gasteiger partial charge in [0, 0.05) is 18.2 Å². The van der Waals surface area contributed by atoms with Crippen LogP contribution >= 0.6 is 0 Å². The van der Waals surface area contributed by atoms with Gasteiger partial charge in [-0.3, -0.25) is 4.79 Å². The molecule has 2 unspecified atom stereocenters. The van der Waals surface area contributed by atoms with E-state index in [9.17, 15) is 18.7 Å². The summed E-state index contributed by atoms with van der Waals surface area (Å²) in [6.45, 7) is 1.92. The molecular weight excluding hydrogens is 256 g/mol. The van der Waals surface area contributed by atoms with Gasteiger partial charge in [-0.1, -0.05) is 6.92 Å². The minimum atomic E-state index is -1.23. The van der Waals surface area contributed by atoms with Crippen LogP contribution in [0.15, 0.2) is 18.2 Å². The van der Waals surface area contributed by atoms with Crippen molar-refractivity contribution in [1.29, 1.82) is 0 Å². The van der Waals surface area contributed by atoms with Crippen LogP contribution in [0.4, 0.5) is 8.78 Å². The van der Waals surface area contributed by atoms with Crippen molar-refractivity contribution in [2.45, 2.75) is 31.9 Å². The lowest BCUT2D eigenvalue weighted by Crippen LogP contribution is -2.36. The molecule has 0 bridgehead atoms. The van der Waals surface area contributed by atoms with E-state index in [2.05, 4.69) is 5.32 Å². The average molecular weight is 273 g/mol. The number of aliphatic carboxylic acids is 1. The van der Waals surface area contributed by atoms with Crippen molar-refractivity contribution in [1.82, 2.24) is 5.32 Å². The Morgan fingerprint density at radius 3 is 2.68 bits per heavy atom. The zero-order valence-electron chi connectivity index (χ0n) is 10.6. The minimum Gasteiger partial charge on any atom is -0.481 e. The topological polar surface area (TPSA) is 69.6 Å². The number of hydrogen-bond donors (Lipinski definition) is 3. The number of carboxylic acid groups (broad SMARTS) is 1. The molecule has 0 radical (unpaired) electrons. The highest BCUT2D eigenvalue weighted by Gasteiger charge is 2.22. The molecule has 0 spiro atoms. The van der Waals surface area contributed by atoms with E-state index in [1.165, 1.54) is 0 Å². The molecule has 2 atom stereocenters. The molecule has 106 valence electrons. The highest BCUT2D eigenvalue weighted by molar-refractivity contribution is 5.66. The smallest absolute Gasteiger partial charge is 0.304 e. The molecule has 0 aliphatic carbocycles. The molecule has 0 fully saturated rings. The van der Waals surface area contributed by atoms with Gasteiger partial charge < -0.3 is 15.5 Å². The molecule has 0 heterocycles. The van der Waals surface area contributed by atoms with Gasteiger partial charge in [-0.2, -0.15) is 0 Å². The molecule has 6 heteroatoms. The lowest BCUT2D eigenvalue weighted by atomic mass is 9.99. The number of carboxylic acids is 1. The molecule has 0 saturated carbocycles. The minimum absolute atomic E-state index is 0.102. The predicted octanol–water partition coefficient (Wildman–Crippen LogP) is 1.84. The van der Waals surface area contributed by atoms with E-state index in [1.54, 1.807) is 6.92 Å². The van der Waals surface area contributed by atoms with Crippen LogP contribution in [0, 0.1) is 11.6 Å². The van der Waals surface area contributed by atoms with Gasteiger partial charge in [0.25, 0.3) is 0 Å². The van der Waals surface area contributed by atoms with Crippen LogP contribution in [0.5, 0.6) is 0 Å². The molecule has 1 rings (SSSR count). The summed E-state index contributed by atoms with van der Waals surface area (Å²) >= 11 is 0. The first-order valence-electron chi connectivity index (χ1n) is 6.04. The summed E-state index contributed by atoms with van der Waals surface area (Å²) in [6, 6.07) is 2.35. The molecule has 0 amide bonds. The summed E-state index contributed by atoms with van der Waals surface area (Å²) in [5.41, 5.74) is -0.130. The lowest BCUT2D eigenvalue weighted by molar-refractivity contribution is -0.136. The van der Waals surface area contributed by atoms with Crippen LogP contribution in [0.1, 0.15) is 31.4 Å². The summed E-state index contributed by atoms with van der Waals surface area (Å²) in [7, 11) is 0. The molecule has 0 aliphatic heterocycles. The predicted molar refractivity (Wildman–Crippen MR) is 65.7 cm³/mol. The van der Waals surface area contributed by atoms with E-state index in [-0.39, 0.29) is 18.5 Å². The second-order valence-corrected chi connectivity index (χ2v) is 4.22. The number of rotatable bonds is 7. The Morgan fingerprint density at radius 1 is 1.42 bits per heavy atom. The Balaban J connectivity index is 2.74.